The molecule has 1 saturated heterocycles. The fraction of sp³-hybridized carbons (Fsp3) is 0.346. The molecule has 1 aliphatic rings. The molecule has 172 valence electrons. The van der Waals surface area contributed by atoms with Crippen LogP contribution in [0.5, 0.6) is 0 Å². The zero-order valence-corrected chi connectivity index (χ0v) is 19.7. The number of carbonyl (C=O) groups excluding carboxylic acids is 1. The second-order valence-corrected chi connectivity index (χ2v) is 8.65. The average molecular weight is 448 g/mol. The summed E-state index contributed by atoms with van der Waals surface area (Å²) < 4.78 is 14.3. The van der Waals surface area contributed by atoms with Gasteiger partial charge in [0.05, 0.1) is 0 Å². The van der Waals surface area contributed by atoms with Gasteiger partial charge in [0.25, 0.3) is 0 Å². The van der Waals surface area contributed by atoms with Gasteiger partial charge in [-0.05, 0) is 51.0 Å². The summed E-state index contributed by atoms with van der Waals surface area (Å²) in [7, 11) is 0. The zero-order chi connectivity index (χ0) is 23.5. The molecule has 1 aliphatic heterocycles. The predicted molar refractivity (Wildman–Crippen MR) is 129 cm³/mol. The van der Waals surface area contributed by atoms with Crippen molar-refractivity contribution in [3.63, 3.8) is 0 Å². The van der Waals surface area contributed by atoms with E-state index in [0.29, 0.717) is 44.0 Å². The van der Waals surface area contributed by atoms with Crippen LogP contribution in [0.15, 0.2) is 42.5 Å². The Bertz CT molecular complexity index is 1170. The van der Waals surface area contributed by atoms with E-state index in [1.807, 2.05) is 50.8 Å². The summed E-state index contributed by atoms with van der Waals surface area (Å²) in [4.78, 5) is 26.1. The second kappa shape index (κ2) is 9.57. The molecule has 1 N–H and O–H groups in total. The summed E-state index contributed by atoms with van der Waals surface area (Å²) in [5, 5.41) is 3.03. The molecule has 4 rings (SSSR count). The quantitative estimate of drug-likeness (QED) is 0.624. The summed E-state index contributed by atoms with van der Waals surface area (Å²) in [5.74, 6) is 1.30. The highest BCUT2D eigenvalue weighted by molar-refractivity contribution is 5.90. The fourth-order valence-corrected chi connectivity index (χ4v) is 4.29. The number of rotatable bonds is 4. The van der Waals surface area contributed by atoms with Crippen LogP contribution in [0.25, 0.3) is 0 Å². The lowest BCUT2D eigenvalue weighted by atomic mass is 10.0. The molecule has 3 aromatic rings. The molecule has 7 heteroatoms. The van der Waals surface area contributed by atoms with E-state index >= 15 is 0 Å². The van der Waals surface area contributed by atoms with Gasteiger partial charge in [-0.2, -0.15) is 0 Å². The number of nitrogens with zero attached hydrogens (tertiary/aromatic N) is 4. The third kappa shape index (κ3) is 5.13. The van der Waals surface area contributed by atoms with Gasteiger partial charge in [0, 0.05) is 49.5 Å². The van der Waals surface area contributed by atoms with E-state index in [4.69, 9.17) is 4.98 Å². The molecule has 2 amide bonds. The number of piperazine rings is 1. The first kappa shape index (κ1) is 22.7. The Morgan fingerprint density at radius 3 is 2.42 bits per heavy atom. The van der Waals surface area contributed by atoms with Crippen molar-refractivity contribution < 1.29 is 9.18 Å². The number of urea groups is 1. The fourth-order valence-electron chi connectivity index (χ4n) is 4.29. The minimum Gasteiger partial charge on any atom is -0.353 e. The van der Waals surface area contributed by atoms with Crippen molar-refractivity contribution in [2.24, 2.45) is 0 Å². The third-order valence-corrected chi connectivity index (χ3v) is 6.12. The van der Waals surface area contributed by atoms with Crippen LogP contribution in [0.2, 0.25) is 0 Å². The molecule has 0 atom stereocenters. The van der Waals surface area contributed by atoms with E-state index in [0.717, 1.165) is 28.3 Å². The lowest BCUT2D eigenvalue weighted by molar-refractivity contribution is 0.208. The third-order valence-electron chi connectivity index (χ3n) is 6.12. The summed E-state index contributed by atoms with van der Waals surface area (Å²) >= 11 is 0. The maximum atomic E-state index is 14.3. The SMILES string of the molecule is Cc1ccc(NC(=O)N2CCN(c3nc(C)nc(C)c3Cc3ccccc3F)CC2)c(C)c1. The minimum absolute atomic E-state index is 0.0942. The Labute approximate surface area is 194 Å². The maximum Gasteiger partial charge on any atom is 0.321 e. The Balaban J connectivity index is 1.48. The van der Waals surface area contributed by atoms with E-state index in [1.165, 1.54) is 11.6 Å². The van der Waals surface area contributed by atoms with Gasteiger partial charge < -0.3 is 15.1 Å². The number of halogens is 1. The molecule has 0 spiro atoms. The first-order valence-electron chi connectivity index (χ1n) is 11.3. The van der Waals surface area contributed by atoms with Crippen molar-refractivity contribution in [1.82, 2.24) is 14.9 Å². The lowest BCUT2D eigenvalue weighted by Crippen LogP contribution is -2.50. The van der Waals surface area contributed by atoms with Crippen molar-refractivity contribution in [2.75, 3.05) is 36.4 Å². The smallest absolute Gasteiger partial charge is 0.321 e. The molecular weight excluding hydrogens is 417 g/mol. The van der Waals surface area contributed by atoms with Gasteiger partial charge >= 0.3 is 6.03 Å². The van der Waals surface area contributed by atoms with E-state index in [-0.39, 0.29) is 11.8 Å². The first-order valence-corrected chi connectivity index (χ1v) is 11.3. The Hall–Kier alpha value is -3.48. The molecule has 0 radical (unpaired) electrons. The molecule has 0 bridgehead atoms. The van der Waals surface area contributed by atoms with Crippen molar-refractivity contribution in [3.8, 4) is 0 Å². The Kier molecular flexibility index (Phi) is 6.58. The van der Waals surface area contributed by atoms with Crippen molar-refractivity contribution in [3.05, 3.63) is 82.1 Å². The Morgan fingerprint density at radius 1 is 1.00 bits per heavy atom. The standard InChI is InChI=1S/C26H30FN5O/c1-17-9-10-24(18(2)15-17)30-26(33)32-13-11-31(12-14-32)25-22(19(3)28-20(4)29-25)16-21-7-5-6-8-23(21)27/h5-10,15H,11-14,16H2,1-4H3,(H,30,33). The van der Waals surface area contributed by atoms with Gasteiger partial charge in [0.1, 0.15) is 17.5 Å². The topological polar surface area (TPSA) is 61.4 Å². The van der Waals surface area contributed by atoms with Gasteiger partial charge in [-0.3, -0.25) is 0 Å². The lowest BCUT2D eigenvalue weighted by Gasteiger charge is -2.36. The minimum atomic E-state index is -0.226. The summed E-state index contributed by atoms with van der Waals surface area (Å²) in [6.45, 7) is 10.3. The summed E-state index contributed by atoms with van der Waals surface area (Å²) in [6, 6.07) is 12.7. The number of anilines is 2. The number of aromatic nitrogens is 2. The molecule has 1 aromatic heterocycles. The van der Waals surface area contributed by atoms with Crippen LogP contribution in [0.3, 0.4) is 0 Å². The average Bonchev–Trinajstić information content (AvgIpc) is 2.78. The van der Waals surface area contributed by atoms with Crippen LogP contribution >= 0.6 is 0 Å². The molecule has 2 aromatic carbocycles. The van der Waals surface area contributed by atoms with Crippen LogP contribution < -0.4 is 10.2 Å². The number of hydrogen-bond donors (Lipinski definition) is 1. The van der Waals surface area contributed by atoms with Crippen LogP contribution in [-0.4, -0.2) is 47.1 Å². The van der Waals surface area contributed by atoms with Crippen LogP contribution in [0.1, 0.15) is 33.8 Å². The number of amides is 2. The number of benzene rings is 2. The van der Waals surface area contributed by atoms with Crippen LogP contribution in [0, 0.1) is 33.5 Å². The molecule has 33 heavy (non-hydrogen) atoms. The summed E-state index contributed by atoms with van der Waals surface area (Å²) in [6.07, 6.45) is 0.432. The van der Waals surface area contributed by atoms with E-state index in [2.05, 4.69) is 21.3 Å². The number of aryl methyl sites for hydroxylation is 4. The van der Waals surface area contributed by atoms with Crippen molar-refractivity contribution in [1.29, 1.82) is 0 Å². The van der Waals surface area contributed by atoms with Crippen LogP contribution in [-0.2, 0) is 6.42 Å². The van der Waals surface area contributed by atoms with Gasteiger partial charge in [0.15, 0.2) is 0 Å². The van der Waals surface area contributed by atoms with Gasteiger partial charge in [-0.25, -0.2) is 19.2 Å². The molecule has 2 heterocycles. The van der Waals surface area contributed by atoms with Gasteiger partial charge in [0.2, 0.25) is 0 Å². The van der Waals surface area contributed by atoms with Crippen molar-refractivity contribution >= 4 is 17.5 Å². The molecule has 0 saturated carbocycles. The molecule has 0 unspecified atom stereocenters. The molecule has 0 aliphatic carbocycles. The molecule has 6 nitrogen and oxygen atoms in total. The monoisotopic (exact) mass is 447 g/mol. The predicted octanol–water partition coefficient (Wildman–Crippen LogP) is 4.79. The van der Waals surface area contributed by atoms with E-state index in [1.54, 1.807) is 12.1 Å². The maximum absolute atomic E-state index is 14.3. The second-order valence-electron chi connectivity index (χ2n) is 8.65. The van der Waals surface area contributed by atoms with E-state index < -0.39 is 0 Å². The highest BCUT2D eigenvalue weighted by Crippen LogP contribution is 2.26. The normalized spacial score (nSPS) is 13.8. The molecule has 1 fully saturated rings. The first-order chi connectivity index (χ1) is 15.8. The number of hydrogen-bond acceptors (Lipinski definition) is 4. The zero-order valence-electron chi connectivity index (χ0n) is 19.7. The Morgan fingerprint density at radius 2 is 1.73 bits per heavy atom. The van der Waals surface area contributed by atoms with Crippen molar-refractivity contribution in [2.45, 2.75) is 34.1 Å². The number of nitrogens with one attached hydrogen (secondary N) is 1. The number of carbonyl (C=O) groups is 1. The van der Waals surface area contributed by atoms with Crippen LogP contribution in [0.4, 0.5) is 20.7 Å². The van der Waals surface area contributed by atoms with E-state index in [9.17, 15) is 9.18 Å². The van der Waals surface area contributed by atoms with Gasteiger partial charge in [-0.1, -0.05) is 35.9 Å². The highest BCUT2D eigenvalue weighted by Gasteiger charge is 2.25. The highest BCUT2D eigenvalue weighted by atomic mass is 19.1. The molecular formula is C26H30FN5O. The van der Waals surface area contributed by atoms with Gasteiger partial charge in [-0.15, -0.1) is 0 Å². The largest absolute Gasteiger partial charge is 0.353 e. The summed E-state index contributed by atoms with van der Waals surface area (Å²) in [5.41, 5.74) is 5.46.